The number of rotatable bonds is 4. The Bertz CT molecular complexity index is 571. The van der Waals surface area contributed by atoms with Crippen LogP contribution in [0.4, 0.5) is 0 Å². The van der Waals surface area contributed by atoms with Crippen LogP contribution in [0.1, 0.15) is 26.5 Å². The second kappa shape index (κ2) is 4.53. The molecule has 0 aromatic carbocycles. The van der Waals surface area contributed by atoms with Crippen LogP contribution in [-0.4, -0.2) is 25.8 Å². The lowest BCUT2D eigenvalue weighted by Crippen LogP contribution is -2.28. The van der Waals surface area contributed by atoms with E-state index in [2.05, 4.69) is 10.1 Å². The first kappa shape index (κ1) is 12.8. The number of aryl methyl sites for hydroxylation is 1. The maximum atomic E-state index is 11.2. The van der Waals surface area contributed by atoms with Gasteiger partial charge >= 0.3 is 5.97 Å². The molecule has 2 aromatic rings. The predicted octanol–water partition coefficient (Wildman–Crippen LogP) is 2.39. The lowest BCUT2D eigenvalue weighted by atomic mass is 9.90. The normalized spacial score (nSPS) is 11.7. The van der Waals surface area contributed by atoms with Gasteiger partial charge in [0.1, 0.15) is 10.4 Å². The molecule has 18 heavy (non-hydrogen) atoms. The maximum Gasteiger partial charge on any atom is 0.315 e. The number of nitrogens with zero attached hydrogens (tertiary/aromatic N) is 3. The zero-order chi connectivity index (χ0) is 13.3. The summed E-state index contributed by atoms with van der Waals surface area (Å²) in [5.41, 5.74) is 0.545. The van der Waals surface area contributed by atoms with Crippen molar-refractivity contribution in [3.8, 4) is 10.6 Å². The molecule has 0 radical (unpaired) electrons. The molecule has 0 aliphatic rings. The van der Waals surface area contributed by atoms with E-state index in [-0.39, 0.29) is 0 Å². The first-order valence-electron chi connectivity index (χ1n) is 5.67. The van der Waals surface area contributed by atoms with E-state index in [9.17, 15) is 4.79 Å². The Labute approximate surface area is 109 Å². The molecular formula is C12H15N3O2S. The van der Waals surface area contributed by atoms with Gasteiger partial charge in [-0.2, -0.15) is 5.10 Å². The minimum Gasteiger partial charge on any atom is -0.481 e. The van der Waals surface area contributed by atoms with E-state index >= 15 is 0 Å². The molecule has 0 aliphatic heterocycles. The fourth-order valence-corrected chi connectivity index (χ4v) is 2.41. The highest BCUT2D eigenvalue weighted by Gasteiger charge is 2.32. The number of aliphatic carboxylic acids is 1. The van der Waals surface area contributed by atoms with Crippen molar-refractivity contribution in [2.24, 2.45) is 0 Å². The third-order valence-corrected chi connectivity index (χ3v) is 3.77. The van der Waals surface area contributed by atoms with Crippen molar-refractivity contribution < 1.29 is 9.90 Å². The summed E-state index contributed by atoms with van der Waals surface area (Å²) in [6, 6.07) is 0. The molecular weight excluding hydrogens is 250 g/mol. The summed E-state index contributed by atoms with van der Waals surface area (Å²) in [5.74, 6) is -0.872. The Morgan fingerprint density at radius 3 is 2.83 bits per heavy atom. The molecule has 0 bridgehead atoms. The van der Waals surface area contributed by atoms with Crippen molar-refractivity contribution in [2.45, 2.75) is 32.7 Å². The predicted molar refractivity (Wildman–Crippen MR) is 69.7 cm³/mol. The number of carboxylic acid groups (broad SMARTS) is 1. The van der Waals surface area contributed by atoms with Gasteiger partial charge in [0.2, 0.25) is 0 Å². The minimum atomic E-state index is -0.963. The SMILES string of the molecule is CCn1cc(-c2nc(C(C)(C)C(=O)O)cs2)cn1. The fourth-order valence-electron chi connectivity index (χ4n) is 1.45. The summed E-state index contributed by atoms with van der Waals surface area (Å²) < 4.78 is 1.82. The van der Waals surface area contributed by atoms with Gasteiger partial charge in [0.25, 0.3) is 0 Å². The Morgan fingerprint density at radius 2 is 2.28 bits per heavy atom. The highest BCUT2D eigenvalue weighted by atomic mass is 32.1. The van der Waals surface area contributed by atoms with Crippen molar-refractivity contribution in [3.63, 3.8) is 0 Å². The zero-order valence-electron chi connectivity index (χ0n) is 10.5. The monoisotopic (exact) mass is 265 g/mol. The van der Waals surface area contributed by atoms with Gasteiger partial charge in [0, 0.05) is 23.7 Å². The number of hydrogen-bond acceptors (Lipinski definition) is 4. The van der Waals surface area contributed by atoms with Gasteiger partial charge in [-0.15, -0.1) is 11.3 Å². The molecule has 6 heteroatoms. The van der Waals surface area contributed by atoms with E-state index in [1.807, 2.05) is 17.8 Å². The summed E-state index contributed by atoms with van der Waals surface area (Å²) in [6.07, 6.45) is 3.66. The summed E-state index contributed by atoms with van der Waals surface area (Å²) in [4.78, 5) is 15.6. The molecule has 0 saturated heterocycles. The molecule has 2 rings (SSSR count). The van der Waals surface area contributed by atoms with Crippen molar-refractivity contribution in [2.75, 3.05) is 0 Å². The first-order chi connectivity index (χ1) is 8.45. The Balaban J connectivity index is 2.33. The quantitative estimate of drug-likeness (QED) is 0.921. The maximum absolute atomic E-state index is 11.2. The number of thiazole rings is 1. The van der Waals surface area contributed by atoms with Gasteiger partial charge in [0.15, 0.2) is 0 Å². The van der Waals surface area contributed by atoms with Crippen LogP contribution in [0.2, 0.25) is 0 Å². The van der Waals surface area contributed by atoms with E-state index in [4.69, 9.17) is 5.11 Å². The van der Waals surface area contributed by atoms with Crippen molar-refractivity contribution in [3.05, 3.63) is 23.5 Å². The minimum absolute atomic E-state index is 0.583. The second-order valence-corrected chi connectivity index (χ2v) is 5.41. The summed E-state index contributed by atoms with van der Waals surface area (Å²) in [6.45, 7) is 6.13. The topological polar surface area (TPSA) is 68.0 Å². The van der Waals surface area contributed by atoms with Crippen LogP contribution in [-0.2, 0) is 16.8 Å². The van der Waals surface area contributed by atoms with Gasteiger partial charge in [-0.25, -0.2) is 4.98 Å². The van der Waals surface area contributed by atoms with Gasteiger partial charge in [-0.05, 0) is 20.8 Å². The molecule has 1 N–H and O–H groups in total. The highest BCUT2D eigenvalue weighted by molar-refractivity contribution is 7.13. The van der Waals surface area contributed by atoms with Gasteiger partial charge in [-0.3, -0.25) is 9.48 Å². The van der Waals surface area contributed by atoms with E-state index in [0.29, 0.717) is 5.69 Å². The molecule has 0 saturated carbocycles. The first-order valence-corrected chi connectivity index (χ1v) is 6.55. The van der Waals surface area contributed by atoms with E-state index in [0.717, 1.165) is 17.1 Å². The Hall–Kier alpha value is -1.69. The fraction of sp³-hybridized carbons (Fsp3) is 0.417. The average Bonchev–Trinajstić information content (AvgIpc) is 2.97. The van der Waals surface area contributed by atoms with Crippen LogP contribution in [0.3, 0.4) is 0 Å². The molecule has 0 amide bonds. The molecule has 5 nitrogen and oxygen atoms in total. The molecule has 0 unspecified atom stereocenters. The van der Waals surface area contributed by atoms with Crippen LogP contribution in [0.15, 0.2) is 17.8 Å². The lowest BCUT2D eigenvalue weighted by molar-refractivity contribution is -0.142. The molecule has 0 aliphatic carbocycles. The standard InChI is InChI=1S/C12H15N3O2S/c1-4-15-6-8(5-13-15)10-14-9(7-18-10)12(2,3)11(16)17/h5-7H,4H2,1-3H3,(H,16,17). The van der Waals surface area contributed by atoms with Crippen LogP contribution in [0.5, 0.6) is 0 Å². The molecule has 0 atom stereocenters. The Morgan fingerprint density at radius 1 is 1.56 bits per heavy atom. The largest absolute Gasteiger partial charge is 0.481 e. The summed E-state index contributed by atoms with van der Waals surface area (Å²) in [7, 11) is 0. The van der Waals surface area contributed by atoms with E-state index in [1.165, 1.54) is 11.3 Å². The summed E-state index contributed by atoms with van der Waals surface area (Å²) >= 11 is 1.44. The van der Waals surface area contributed by atoms with E-state index < -0.39 is 11.4 Å². The second-order valence-electron chi connectivity index (χ2n) is 4.55. The molecule has 0 fully saturated rings. The number of hydrogen-bond donors (Lipinski definition) is 1. The Kier molecular flexibility index (Phi) is 3.21. The number of aromatic nitrogens is 3. The van der Waals surface area contributed by atoms with Crippen LogP contribution in [0, 0.1) is 0 Å². The highest BCUT2D eigenvalue weighted by Crippen LogP contribution is 2.30. The van der Waals surface area contributed by atoms with Gasteiger partial charge in [0.05, 0.1) is 11.9 Å². The third kappa shape index (κ3) is 2.15. The van der Waals surface area contributed by atoms with E-state index in [1.54, 1.807) is 25.4 Å². The lowest BCUT2D eigenvalue weighted by Gasteiger charge is -2.15. The smallest absolute Gasteiger partial charge is 0.315 e. The number of carboxylic acids is 1. The zero-order valence-corrected chi connectivity index (χ0v) is 11.4. The van der Waals surface area contributed by atoms with Crippen molar-refractivity contribution in [1.82, 2.24) is 14.8 Å². The average molecular weight is 265 g/mol. The van der Waals surface area contributed by atoms with Gasteiger partial charge < -0.3 is 5.11 Å². The van der Waals surface area contributed by atoms with Crippen LogP contribution >= 0.6 is 11.3 Å². The summed E-state index contributed by atoms with van der Waals surface area (Å²) in [5, 5.41) is 16.0. The van der Waals surface area contributed by atoms with Crippen molar-refractivity contribution in [1.29, 1.82) is 0 Å². The molecule has 2 aromatic heterocycles. The van der Waals surface area contributed by atoms with Crippen LogP contribution < -0.4 is 0 Å². The molecule has 0 spiro atoms. The third-order valence-electron chi connectivity index (χ3n) is 2.88. The number of carbonyl (C=O) groups is 1. The molecule has 96 valence electrons. The van der Waals surface area contributed by atoms with Gasteiger partial charge in [-0.1, -0.05) is 0 Å². The van der Waals surface area contributed by atoms with Crippen molar-refractivity contribution >= 4 is 17.3 Å². The van der Waals surface area contributed by atoms with Crippen LogP contribution in [0.25, 0.3) is 10.6 Å². The molecule has 2 heterocycles.